The Morgan fingerprint density at radius 2 is 2.21 bits per heavy atom. The molecule has 5 nitrogen and oxygen atoms in total. The number of nitrogens with zero attached hydrogens (tertiary/aromatic N) is 3. The van der Waals surface area contributed by atoms with Crippen LogP contribution in [0.2, 0.25) is 0 Å². The largest absolute Gasteiger partial charge is 0.395 e. The van der Waals surface area contributed by atoms with Crippen LogP contribution < -0.4 is 4.90 Å². The lowest BCUT2D eigenvalue weighted by molar-refractivity contribution is 0.112. The Kier molecular flexibility index (Phi) is 4.87. The van der Waals surface area contributed by atoms with E-state index in [1.165, 1.54) is 0 Å². The monoisotopic (exact) mass is 263 g/mol. The van der Waals surface area contributed by atoms with Crippen molar-refractivity contribution in [3.8, 4) is 0 Å². The Labute approximate surface area is 113 Å². The van der Waals surface area contributed by atoms with Crippen LogP contribution >= 0.6 is 0 Å². The number of β-amino-alcohol motifs (C(OH)–C–C–N with tert-alkyl or cyclic N) is 1. The summed E-state index contributed by atoms with van der Waals surface area (Å²) in [6.45, 7) is 6.78. The molecule has 1 saturated heterocycles. The number of anilines is 1. The van der Waals surface area contributed by atoms with E-state index < -0.39 is 0 Å². The summed E-state index contributed by atoms with van der Waals surface area (Å²) < 4.78 is 0. The molecule has 1 aromatic heterocycles. The Morgan fingerprint density at radius 3 is 2.89 bits per heavy atom. The van der Waals surface area contributed by atoms with Gasteiger partial charge in [0.1, 0.15) is 5.82 Å². The molecule has 0 spiro atoms. The molecule has 0 radical (unpaired) electrons. The Balaban J connectivity index is 2.07. The molecular formula is C14H21N3O2. The molecule has 5 heteroatoms. The normalized spacial score (nSPS) is 17.3. The topological polar surface area (TPSA) is 56.7 Å². The van der Waals surface area contributed by atoms with Crippen LogP contribution in [0.3, 0.4) is 0 Å². The molecule has 1 aliphatic heterocycles. The van der Waals surface area contributed by atoms with Gasteiger partial charge in [-0.2, -0.15) is 0 Å². The van der Waals surface area contributed by atoms with Crippen molar-refractivity contribution in [2.45, 2.75) is 13.3 Å². The molecule has 0 bridgehead atoms. The van der Waals surface area contributed by atoms with E-state index in [1.54, 1.807) is 6.20 Å². The van der Waals surface area contributed by atoms with Gasteiger partial charge in [-0.05, 0) is 31.5 Å². The number of pyridine rings is 1. The Bertz CT molecular complexity index is 437. The maximum absolute atomic E-state index is 10.7. The highest BCUT2D eigenvalue weighted by Crippen LogP contribution is 2.19. The van der Waals surface area contributed by atoms with E-state index in [4.69, 9.17) is 5.11 Å². The molecule has 19 heavy (non-hydrogen) atoms. The third kappa shape index (κ3) is 3.52. The average Bonchev–Trinajstić information content (AvgIpc) is 2.65. The van der Waals surface area contributed by atoms with Crippen LogP contribution in [0.4, 0.5) is 5.82 Å². The molecule has 0 unspecified atom stereocenters. The fourth-order valence-electron chi connectivity index (χ4n) is 2.53. The van der Waals surface area contributed by atoms with Gasteiger partial charge in [0.05, 0.1) is 6.61 Å². The van der Waals surface area contributed by atoms with Gasteiger partial charge in [0.2, 0.25) is 0 Å². The van der Waals surface area contributed by atoms with Crippen molar-refractivity contribution in [3.63, 3.8) is 0 Å². The maximum Gasteiger partial charge on any atom is 0.151 e. The van der Waals surface area contributed by atoms with E-state index in [2.05, 4.69) is 14.8 Å². The molecule has 0 aliphatic carbocycles. The van der Waals surface area contributed by atoms with Crippen LogP contribution in [-0.4, -0.2) is 60.6 Å². The van der Waals surface area contributed by atoms with Gasteiger partial charge in [0.25, 0.3) is 0 Å². The number of rotatable bonds is 4. The summed E-state index contributed by atoms with van der Waals surface area (Å²) in [6.07, 6.45) is 3.53. The van der Waals surface area contributed by atoms with Crippen LogP contribution in [0.25, 0.3) is 0 Å². The standard InChI is InChI=1S/C14H21N3O2/c1-12-9-13(11-19)10-15-14(12)17-4-2-3-16(5-6-17)7-8-18/h9-11,18H,2-8H2,1H3. The number of aryl methyl sites for hydroxylation is 1. The molecular weight excluding hydrogens is 242 g/mol. The van der Waals surface area contributed by atoms with E-state index in [-0.39, 0.29) is 6.61 Å². The smallest absolute Gasteiger partial charge is 0.151 e. The molecule has 0 amide bonds. The minimum Gasteiger partial charge on any atom is -0.395 e. The van der Waals surface area contributed by atoms with Crippen molar-refractivity contribution in [2.24, 2.45) is 0 Å². The summed E-state index contributed by atoms with van der Waals surface area (Å²) in [7, 11) is 0. The van der Waals surface area contributed by atoms with E-state index in [1.807, 2.05) is 13.0 Å². The van der Waals surface area contributed by atoms with Crippen LogP contribution in [0.1, 0.15) is 22.3 Å². The van der Waals surface area contributed by atoms with Crippen LogP contribution in [0.5, 0.6) is 0 Å². The van der Waals surface area contributed by atoms with Gasteiger partial charge in [-0.3, -0.25) is 9.69 Å². The lowest BCUT2D eigenvalue weighted by Crippen LogP contribution is -2.33. The molecule has 1 fully saturated rings. The van der Waals surface area contributed by atoms with Gasteiger partial charge < -0.3 is 10.0 Å². The SMILES string of the molecule is Cc1cc(C=O)cnc1N1CCCN(CCO)CC1. The van der Waals surface area contributed by atoms with Crippen LogP contribution in [0, 0.1) is 6.92 Å². The number of hydrogen-bond donors (Lipinski definition) is 1. The third-order valence-corrected chi connectivity index (χ3v) is 3.51. The fraction of sp³-hybridized carbons (Fsp3) is 0.571. The molecule has 1 N–H and O–H groups in total. The molecule has 0 saturated carbocycles. The lowest BCUT2D eigenvalue weighted by Gasteiger charge is -2.24. The molecule has 1 aromatic rings. The van der Waals surface area contributed by atoms with Crippen molar-refractivity contribution in [1.29, 1.82) is 0 Å². The zero-order chi connectivity index (χ0) is 13.7. The molecule has 2 heterocycles. The molecule has 0 atom stereocenters. The van der Waals surface area contributed by atoms with E-state index in [9.17, 15) is 4.79 Å². The first-order chi connectivity index (χ1) is 9.24. The highest BCUT2D eigenvalue weighted by atomic mass is 16.3. The van der Waals surface area contributed by atoms with E-state index >= 15 is 0 Å². The number of carbonyl (C=O) groups is 1. The summed E-state index contributed by atoms with van der Waals surface area (Å²) in [5.74, 6) is 0.969. The number of aliphatic hydroxyl groups excluding tert-OH is 1. The van der Waals surface area contributed by atoms with Crippen molar-refractivity contribution in [2.75, 3.05) is 44.2 Å². The first-order valence-electron chi connectivity index (χ1n) is 6.74. The summed E-state index contributed by atoms with van der Waals surface area (Å²) in [5, 5.41) is 8.99. The number of aromatic nitrogens is 1. The highest BCUT2D eigenvalue weighted by Gasteiger charge is 2.17. The van der Waals surface area contributed by atoms with Gasteiger partial charge in [0, 0.05) is 37.9 Å². The zero-order valence-electron chi connectivity index (χ0n) is 11.4. The second-order valence-electron chi connectivity index (χ2n) is 4.93. The minimum atomic E-state index is 0.214. The zero-order valence-corrected chi connectivity index (χ0v) is 11.4. The predicted octanol–water partition coefficient (Wildman–Crippen LogP) is 0.707. The second-order valence-corrected chi connectivity index (χ2v) is 4.93. The minimum absolute atomic E-state index is 0.214. The van der Waals surface area contributed by atoms with Gasteiger partial charge in [-0.15, -0.1) is 0 Å². The second kappa shape index (κ2) is 6.63. The van der Waals surface area contributed by atoms with Gasteiger partial charge in [-0.1, -0.05) is 0 Å². The molecule has 1 aliphatic rings. The van der Waals surface area contributed by atoms with E-state index in [0.717, 1.165) is 56.8 Å². The first kappa shape index (κ1) is 14.0. The fourth-order valence-corrected chi connectivity index (χ4v) is 2.53. The number of carbonyl (C=O) groups excluding carboxylic acids is 1. The lowest BCUT2D eigenvalue weighted by atomic mass is 10.2. The Morgan fingerprint density at radius 1 is 1.37 bits per heavy atom. The van der Waals surface area contributed by atoms with Crippen molar-refractivity contribution in [3.05, 3.63) is 23.4 Å². The predicted molar refractivity (Wildman–Crippen MR) is 74.7 cm³/mol. The number of aliphatic hydroxyl groups is 1. The van der Waals surface area contributed by atoms with Gasteiger partial charge in [-0.25, -0.2) is 4.98 Å². The van der Waals surface area contributed by atoms with Gasteiger partial charge in [0.15, 0.2) is 6.29 Å². The van der Waals surface area contributed by atoms with E-state index in [0.29, 0.717) is 5.56 Å². The average molecular weight is 263 g/mol. The number of hydrogen-bond acceptors (Lipinski definition) is 5. The number of aldehydes is 1. The first-order valence-corrected chi connectivity index (χ1v) is 6.74. The third-order valence-electron chi connectivity index (χ3n) is 3.51. The van der Waals surface area contributed by atoms with Gasteiger partial charge >= 0.3 is 0 Å². The van der Waals surface area contributed by atoms with Crippen LogP contribution in [0.15, 0.2) is 12.3 Å². The van der Waals surface area contributed by atoms with Crippen molar-refractivity contribution < 1.29 is 9.90 Å². The summed E-state index contributed by atoms with van der Waals surface area (Å²) >= 11 is 0. The summed E-state index contributed by atoms with van der Waals surface area (Å²) in [5.41, 5.74) is 1.66. The quantitative estimate of drug-likeness (QED) is 0.811. The Hall–Kier alpha value is -1.46. The summed E-state index contributed by atoms with van der Waals surface area (Å²) in [4.78, 5) is 19.7. The summed E-state index contributed by atoms with van der Waals surface area (Å²) in [6, 6.07) is 1.88. The van der Waals surface area contributed by atoms with Crippen LogP contribution in [-0.2, 0) is 0 Å². The molecule has 2 rings (SSSR count). The molecule has 104 valence electrons. The van der Waals surface area contributed by atoms with Crippen molar-refractivity contribution in [1.82, 2.24) is 9.88 Å². The maximum atomic E-state index is 10.7. The molecule has 0 aromatic carbocycles. The van der Waals surface area contributed by atoms with Crippen molar-refractivity contribution >= 4 is 12.1 Å². The highest BCUT2D eigenvalue weighted by molar-refractivity contribution is 5.75.